The molecule has 0 spiro atoms. The van der Waals surface area contributed by atoms with Crippen LogP contribution < -0.4 is 10.1 Å². The maximum atomic E-state index is 13.4. The molecule has 0 atom stereocenters. The summed E-state index contributed by atoms with van der Waals surface area (Å²) in [7, 11) is 0. The van der Waals surface area contributed by atoms with Crippen LogP contribution in [0.25, 0.3) is 27.5 Å². The molecule has 4 aromatic carbocycles. The standard InChI is InChI=1S/C38H44N4O4/c1-8-37(4,5)26-16-18-34(30(22-26)38(6,7)9-2)46-20-12-19-39-36(45)29-23-33(27-13-10-11-14-28(27)35(29)44)42-32-17-15-25(24(3)43)21-31(32)40-41-42/h10-11,13-18,21-23,44H,8-9,12,19-20H2,1-7H3,(H,39,45). The van der Waals surface area contributed by atoms with E-state index in [-0.39, 0.29) is 27.9 Å². The van der Waals surface area contributed by atoms with E-state index >= 15 is 0 Å². The Morgan fingerprint density at radius 1 is 0.913 bits per heavy atom. The van der Waals surface area contributed by atoms with Crippen molar-refractivity contribution in [3.63, 3.8) is 0 Å². The molecular formula is C38H44N4O4. The predicted octanol–water partition coefficient (Wildman–Crippen LogP) is 8.06. The molecule has 0 aliphatic carbocycles. The van der Waals surface area contributed by atoms with Gasteiger partial charge < -0.3 is 15.2 Å². The summed E-state index contributed by atoms with van der Waals surface area (Å²) in [6.07, 6.45) is 2.62. The molecule has 5 rings (SSSR count). The van der Waals surface area contributed by atoms with Gasteiger partial charge in [-0.3, -0.25) is 9.59 Å². The van der Waals surface area contributed by atoms with Gasteiger partial charge in [0.25, 0.3) is 5.91 Å². The molecule has 0 aliphatic rings. The summed E-state index contributed by atoms with van der Waals surface area (Å²) in [5.74, 6) is 0.320. The quantitative estimate of drug-likeness (QED) is 0.108. The molecular weight excluding hydrogens is 576 g/mol. The number of nitrogens with one attached hydrogen (secondary N) is 1. The molecule has 1 heterocycles. The summed E-state index contributed by atoms with van der Waals surface area (Å²) in [4.78, 5) is 25.3. The number of hydrogen-bond donors (Lipinski definition) is 2. The first kappa shape index (κ1) is 32.7. The first-order chi connectivity index (χ1) is 21.9. The number of phenolic OH excluding ortho intramolecular Hbond substituents is 1. The summed E-state index contributed by atoms with van der Waals surface area (Å²) in [6.45, 7) is 15.7. The number of nitrogens with zero attached hydrogens (tertiary/aromatic N) is 3. The highest BCUT2D eigenvalue weighted by molar-refractivity contribution is 6.07. The Hall–Kier alpha value is -4.72. The zero-order chi connectivity index (χ0) is 33.2. The average molecular weight is 621 g/mol. The van der Waals surface area contributed by atoms with E-state index in [4.69, 9.17) is 4.74 Å². The normalized spacial score (nSPS) is 12.1. The van der Waals surface area contributed by atoms with Crippen molar-refractivity contribution in [2.24, 2.45) is 0 Å². The number of phenols is 1. The summed E-state index contributed by atoms with van der Waals surface area (Å²) in [6, 6.07) is 20.7. The number of rotatable bonds is 12. The summed E-state index contributed by atoms with van der Waals surface area (Å²) in [5.41, 5.74) is 5.06. The van der Waals surface area contributed by atoms with Gasteiger partial charge in [0.2, 0.25) is 0 Å². The van der Waals surface area contributed by atoms with Crippen LogP contribution in [0.3, 0.4) is 0 Å². The molecule has 0 saturated heterocycles. The lowest BCUT2D eigenvalue weighted by Gasteiger charge is -2.30. The van der Waals surface area contributed by atoms with Crippen LogP contribution in [0.2, 0.25) is 0 Å². The number of amides is 1. The van der Waals surface area contributed by atoms with Crippen LogP contribution in [0.1, 0.15) is 99.6 Å². The van der Waals surface area contributed by atoms with E-state index in [1.807, 2.05) is 18.2 Å². The molecule has 0 unspecified atom stereocenters. The van der Waals surface area contributed by atoms with Gasteiger partial charge in [-0.25, -0.2) is 4.68 Å². The molecule has 0 aliphatic heterocycles. The van der Waals surface area contributed by atoms with E-state index in [9.17, 15) is 14.7 Å². The van der Waals surface area contributed by atoms with Crippen LogP contribution in [0.4, 0.5) is 0 Å². The highest BCUT2D eigenvalue weighted by atomic mass is 16.5. The molecule has 0 fully saturated rings. The van der Waals surface area contributed by atoms with Gasteiger partial charge in [0.15, 0.2) is 5.78 Å². The first-order valence-electron chi connectivity index (χ1n) is 16.1. The van der Waals surface area contributed by atoms with Gasteiger partial charge in [-0.2, -0.15) is 0 Å². The lowest BCUT2D eigenvalue weighted by Crippen LogP contribution is -2.26. The lowest BCUT2D eigenvalue weighted by molar-refractivity contribution is 0.0948. The van der Waals surface area contributed by atoms with Crippen LogP contribution in [0.5, 0.6) is 11.5 Å². The minimum Gasteiger partial charge on any atom is -0.506 e. The summed E-state index contributed by atoms with van der Waals surface area (Å²) >= 11 is 0. The van der Waals surface area contributed by atoms with E-state index in [0.29, 0.717) is 52.6 Å². The number of carbonyl (C=O) groups is 2. The second kappa shape index (κ2) is 12.9. The van der Waals surface area contributed by atoms with Crippen molar-refractivity contribution in [3.05, 3.63) is 89.0 Å². The fourth-order valence-electron chi connectivity index (χ4n) is 5.56. The topological polar surface area (TPSA) is 106 Å². The van der Waals surface area contributed by atoms with Gasteiger partial charge in [-0.15, -0.1) is 5.10 Å². The Labute approximate surface area is 270 Å². The maximum absolute atomic E-state index is 13.4. The number of fused-ring (bicyclic) bond motifs is 2. The Morgan fingerprint density at radius 3 is 2.33 bits per heavy atom. The Morgan fingerprint density at radius 2 is 1.63 bits per heavy atom. The van der Waals surface area contributed by atoms with E-state index in [1.54, 1.807) is 35.0 Å². The third-order valence-corrected chi connectivity index (χ3v) is 9.44. The zero-order valence-electron chi connectivity index (χ0n) is 27.9. The van der Waals surface area contributed by atoms with Gasteiger partial charge in [0, 0.05) is 28.4 Å². The van der Waals surface area contributed by atoms with Crippen molar-refractivity contribution < 1.29 is 19.4 Å². The minimum absolute atomic E-state index is 0.0418. The Bertz CT molecular complexity index is 1920. The monoisotopic (exact) mass is 620 g/mol. The molecule has 5 aromatic rings. The minimum atomic E-state index is -0.397. The largest absolute Gasteiger partial charge is 0.506 e. The number of aromatic hydroxyl groups is 1. The number of benzene rings is 4. The Balaban J connectivity index is 1.34. The van der Waals surface area contributed by atoms with Gasteiger partial charge in [0.05, 0.1) is 23.4 Å². The Kier molecular flexibility index (Phi) is 9.20. The fourth-order valence-corrected chi connectivity index (χ4v) is 5.56. The maximum Gasteiger partial charge on any atom is 0.255 e. The average Bonchev–Trinajstić information content (AvgIpc) is 3.48. The smallest absolute Gasteiger partial charge is 0.255 e. The molecule has 1 aromatic heterocycles. The third kappa shape index (κ3) is 6.34. The predicted molar refractivity (Wildman–Crippen MR) is 184 cm³/mol. The van der Waals surface area contributed by atoms with Crippen molar-refractivity contribution >= 4 is 33.5 Å². The fraction of sp³-hybridized carbons (Fsp3) is 0.368. The molecule has 2 N–H and O–H groups in total. The number of ketones is 1. The summed E-state index contributed by atoms with van der Waals surface area (Å²) in [5, 5.41) is 24.0. The number of carbonyl (C=O) groups excluding carboxylic acids is 2. The number of hydrogen-bond acceptors (Lipinski definition) is 6. The van der Waals surface area contributed by atoms with Crippen LogP contribution in [-0.4, -0.2) is 44.9 Å². The number of aromatic nitrogens is 3. The van der Waals surface area contributed by atoms with Gasteiger partial charge in [0.1, 0.15) is 17.0 Å². The molecule has 0 radical (unpaired) electrons. The van der Waals surface area contributed by atoms with E-state index in [2.05, 4.69) is 75.4 Å². The second-order valence-electron chi connectivity index (χ2n) is 13.2. The first-order valence-corrected chi connectivity index (χ1v) is 16.1. The summed E-state index contributed by atoms with van der Waals surface area (Å²) < 4.78 is 7.92. The van der Waals surface area contributed by atoms with Crippen LogP contribution in [0.15, 0.2) is 66.7 Å². The van der Waals surface area contributed by atoms with E-state index in [1.165, 1.54) is 18.1 Å². The van der Waals surface area contributed by atoms with Crippen molar-refractivity contribution in [1.82, 2.24) is 20.3 Å². The van der Waals surface area contributed by atoms with Crippen molar-refractivity contribution in [2.75, 3.05) is 13.2 Å². The van der Waals surface area contributed by atoms with Crippen LogP contribution in [0, 0.1) is 0 Å². The molecule has 0 saturated carbocycles. The number of ether oxygens (including phenoxy) is 1. The lowest BCUT2D eigenvalue weighted by atomic mass is 9.76. The third-order valence-electron chi connectivity index (χ3n) is 9.44. The highest BCUT2D eigenvalue weighted by Gasteiger charge is 2.27. The molecule has 8 heteroatoms. The van der Waals surface area contributed by atoms with Crippen molar-refractivity contribution in [3.8, 4) is 17.2 Å². The van der Waals surface area contributed by atoms with Crippen LogP contribution in [-0.2, 0) is 10.8 Å². The van der Waals surface area contributed by atoms with Crippen LogP contribution >= 0.6 is 0 Å². The van der Waals surface area contributed by atoms with Gasteiger partial charge in [-0.1, -0.05) is 83.2 Å². The molecule has 46 heavy (non-hydrogen) atoms. The second-order valence-corrected chi connectivity index (χ2v) is 13.2. The van der Waals surface area contributed by atoms with Crippen molar-refractivity contribution in [2.45, 2.75) is 78.6 Å². The van der Waals surface area contributed by atoms with E-state index < -0.39 is 5.91 Å². The number of Topliss-reactive ketones (excluding diaryl/α,β-unsaturated/α-hetero) is 1. The van der Waals surface area contributed by atoms with Gasteiger partial charge in [-0.05, 0) is 72.9 Å². The molecule has 1 amide bonds. The molecule has 0 bridgehead atoms. The van der Waals surface area contributed by atoms with Crippen molar-refractivity contribution in [1.29, 1.82) is 0 Å². The SMILES string of the molecule is CCC(C)(C)c1ccc(OCCCNC(=O)c2cc(-n3nnc4cc(C(C)=O)ccc43)c3ccccc3c2O)c(C(C)(C)CC)c1. The highest BCUT2D eigenvalue weighted by Crippen LogP contribution is 2.39. The van der Waals surface area contributed by atoms with E-state index in [0.717, 1.165) is 18.6 Å². The molecule has 240 valence electrons. The molecule has 8 nitrogen and oxygen atoms in total. The van der Waals surface area contributed by atoms with Gasteiger partial charge >= 0.3 is 0 Å². The zero-order valence-corrected chi connectivity index (χ0v) is 27.9.